The summed E-state index contributed by atoms with van der Waals surface area (Å²) in [6, 6.07) is 4.81. The molecule has 0 aromatic heterocycles. The second-order valence-electron chi connectivity index (χ2n) is 9.95. The SMILES string of the molecule is COc1c(C(=O)O)cc(C2CC3CCC2(C)C3(C)C)c(NCc2cc(Cl)cc(Cl)c2O)c1Cl. The van der Waals surface area contributed by atoms with Crippen molar-refractivity contribution in [3.63, 3.8) is 0 Å². The predicted octanol–water partition coefficient (Wildman–Crippen LogP) is 7.60. The maximum absolute atomic E-state index is 12.1. The zero-order valence-electron chi connectivity index (χ0n) is 19.1. The van der Waals surface area contributed by atoms with Gasteiger partial charge >= 0.3 is 5.97 Å². The molecule has 33 heavy (non-hydrogen) atoms. The van der Waals surface area contributed by atoms with Crippen molar-refractivity contribution >= 4 is 46.5 Å². The third-order valence-corrected chi connectivity index (χ3v) is 9.29. The molecule has 5 nitrogen and oxygen atoms in total. The molecule has 0 spiro atoms. The van der Waals surface area contributed by atoms with Crippen molar-refractivity contribution in [2.75, 3.05) is 12.4 Å². The molecule has 4 rings (SSSR count). The van der Waals surface area contributed by atoms with Gasteiger partial charge in [0.05, 0.1) is 17.8 Å². The number of halogens is 3. The number of phenolic OH excluding ortho intramolecular Hbond substituents is 1. The van der Waals surface area contributed by atoms with E-state index in [0.29, 0.717) is 22.2 Å². The Morgan fingerprint density at radius 1 is 1.21 bits per heavy atom. The minimum atomic E-state index is -1.09. The summed E-state index contributed by atoms with van der Waals surface area (Å²) in [4.78, 5) is 12.1. The Morgan fingerprint density at radius 2 is 1.91 bits per heavy atom. The number of aromatic carboxylic acids is 1. The summed E-state index contributed by atoms with van der Waals surface area (Å²) in [6.07, 6.45) is 3.22. The molecule has 2 aromatic rings. The van der Waals surface area contributed by atoms with E-state index in [2.05, 4.69) is 26.1 Å². The van der Waals surface area contributed by atoms with Gasteiger partial charge < -0.3 is 20.3 Å². The molecule has 0 heterocycles. The highest BCUT2D eigenvalue weighted by atomic mass is 35.5. The fourth-order valence-electron chi connectivity index (χ4n) is 6.08. The molecular weight excluding hydrogens is 485 g/mol. The summed E-state index contributed by atoms with van der Waals surface area (Å²) in [5, 5.41) is 24.4. The third-order valence-electron chi connectivity index (χ3n) is 8.42. The molecule has 2 aliphatic carbocycles. The van der Waals surface area contributed by atoms with Gasteiger partial charge in [0.1, 0.15) is 16.3 Å². The first kappa shape index (κ1) is 24.3. The molecule has 2 bridgehead atoms. The van der Waals surface area contributed by atoms with Crippen molar-refractivity contribution < 1.29 is 19.7 Å². The van der Waals surface area contributed by atoms with Gasteiger partial charge in [-0.05, 0) is 65.7 Å². The van der Waals surface area contributed by atoms with Gasteiger partial charge in [0, 0.05) is 17.1 Å². The number of methoxy groups -OCH3 is 1. The smallest absolute Gasteiger partial charge is 0.339 e. The van der Waals surface area contributed by atoms with Gasteiger partial charge in [-0.15, -0.1) is 0 Å². The van der Waals surface area contributed by atoms with Crippen LogP contribution in [-0.2, 0) is 6.54 Å². The van der Waals surface area contributed by atoms with Crippen LogP contribution in [0.15, 0.2) is 18.2 Å². The van der Waals surface area contributed by atoms with Crippen LogP contribution in [0.5, 0.6) is 11.5 Å². The third kappa shape index (κ3) is 3.73. The molecule has 3 N–H and O–H groups in total. The van der Waals surface area contributed by atoms with E-state index in [1.807, 2.05) is 0 Å². The van der Waals surface area contributed by atoms with E-state index in [1.54, 1.807) is 12.1 Å². The summed E-state index contributed by atoms with van der Waals surface area (Å²) in [5.74, 6) is -0.352. The van der Waals surface area contributed by atoms with E-state index in [1.165, 1.54) is 19.6 Å². The molecule has 2 aliphatic rings. The fourth-order valence-corrected chi connectivity index (χ4v) is 6.97. The molecule has 0 saturated heterocycles. The second-order valence-corrected chi connectivity index (χ2v) is 11.2. The molecule has 2 aromatic carbocycles. The predicted molar refractivity (Wildman–Crippen MR) is 132 cm³/mol. The van der Waals surface area contributed by atoms with Crippen molar-refractivity contribution in [3.8, 4) is 11.5 Å². The molecule has 3 unspecified atom stereocenters. The zero-order valence-corrected chi connectivity index (χ0v) is 21.3. The van der Waals surface area contributed by atoms with Crippen molar-refractivity contribution in [1.82, 2.24) is 0 Å². The highest BCUT2D eigenvalue weighted by Crippen LogP contribution is 2.71. The Hall–Kier alpha value is -1.82. The minimum absolute atomic E-state index is 0.00326. The highest BCUT2D eigenvalue weighted by molar-refractivity contribution is 6.36. The van der Waals surface area contributed by atoms with Crippen LogP contribution in [0.2, 0.25) is 15.1 Å². The maximum Gasteiger partial charge on any atom is 0.339 e. The first-order chi connectivity index (χ1) is 15.4. The summed E-state index contributed by atoms with van der Waals surface area (Å²) in [6.45, 7) is 7.13. The van der Waals surface area contributed by atoms with Crippen LogP contribution in [0.4, 0.5) is 5.69 Å². The number of anilines is 1. The van der Waals surface area contributed by atoms with Crippen molar-refractivity contribution in [1.29, 1.82) is 0 Å². The van der Waals surface area contributed by atoms with Gasteiger partial charge in [-0.3, -0.25) is 0 Å². The number of phenols is 1. The maximum atomic E-state index is 12.1. The number of carbonyl (C=O) groups is 1. The Balaban J connectivity index is 1.83. The molecule has 0 aliphatic heterocycles. The number of ether oxygens (including phenoxy) is 1. The lowest BCUT2D eigenvalue weighted by Gasteiger charge is -2.40. The standard InChI is InChI=1S/C25H28Cl3NO4/c1-24(2)13-5-6-25(24,3)17(8-13)15-10-16(23(31)32)22(33-4)19(28)20(15)29-11-12-7-14(26)9-18(27)21(12)30/h7,9-10,13,17,29-30H,5-6,8,11H2,1-4H3,(H,31,32). The first-order valence-corrected chi connectivity index (χ1v) is 12.1. The zero-order chi connectivity index (χ0) is 24.3. The van der Waals surface area contributed by atoms with Gasteiger partial charge in [0.2, 0.25) is 0 Å². The average Bonchev–Trinajstić information content (AvgIpc) is 3.08. The first-order valence-electron chi connectivity index (χ1n) is 11.0. The number of rotatable bonds is 6. The quantitative estimate of drug-likeness (QED) is 0.371. The van der Waals surface area contributed by atoms with Gasteiger partial charge in [0.15, 0.2) is 5.75 Å². The van der Waals surface area contributed by atoms with Crippen LogP contribution in [-0.4, -0.2) is 23.3 Å². The Kier molecular flexibility index (Phi) is 6.22. The van der Waals surface area contributed by atoms with Crippen LogP contribution < -0.4 is 10.1 Å². The summed E-state index contributed by atoms with van der Waals surface area (Å²) in [7, 11) is 1.40. The van der Waals surface area contributed by atoms with Crippen molar-refractivity contribution in [3.05, 3.63) is 50.0 Å². The Morgan fingerprint density at radius 3 is 2.45 bits per heavy atom. The molecule has 0 radical (unpaired) electrons. The molecular formula is C25H28Cl3NO4. The normalized spacial score (nSPS) is 25.3. The number of benzene rings is 2. The Bertz CT molecular complexity index is 1130. The monoisotopic (exact) mass is 511 g/mol. The molecule has 8 heteroatoms. The van der Waals surface area contributed by atoms with Crippen LogP contribution in [0, 0.1) is 16.7 Å². The number of hydrogen-bond acceptors (Lipinski definition) is 4. The lowest BCUT2D eigenvalue weighted by atomic mass is 9.64. The largest absolute Gasteiger partial charge is 0.506 e. The van der Waals surface area contributed by atoms with Crippen LogP contribution in [0.3, 0.4) is 0 Å². The number of fused-ring (bicyclic) bond motifs is 2. The van der Waals surface area contributed by atoms with Crippen LogP contribution in [0.25, 0.3) is 0 Å². The van der Waals surface area contributed by atoms with Gasteiger partial charge in [-0.1, -0.05) is 55.6 Å². The lowest BCUT2D eigenvalue weighted by molar-refractivity contribution is 0.0693. The van der Waals surface area contributed by atoms with Gasteiger partial charge in [-0.25, -0.2) is 4.79 Å². The summed E-state index contributed by atoms with van der Waals surface area (Å²) < 4.78 is 5.39. The van der Waals surface area contributed by atoms with Gasteiger partial charge in [-0.2, -0.15) is 0 Å². The number of carboxylic acid groups (broad SMARTS) is 1. The van der Waals surface area contributed by atoms with E-state index in [4.69, 9.17) is 39.5 Å². The number of carboxylic acids is 1. The van der Waals surface area contributed by atoms with E-state index in [9.17, 15) is 15.0 Å². The van der Waals surface area contributed by atoms with E-state index >= 15 is 0 Å². The molecule has 178 valence electrons. The van der Waals surface area contributed by atoms with Crippen molar-refractivity contribution in [2.24, 2.45) is 16.7 Å². The summed E-state index contributed by atoms with van der Waals surface area (Å²) in [5.41, 5.74) is 2.16. The van der Waals surface area contributed by atoms with E-state index in [-0.39, 0.29) is 50.4 Å². The van der Waals surface area contributed by atoms with E-state index in [0.717, 1.165) is 18.4 Å². The van der Waals surface area contributed by atoms with Crippen LogP contribution >= 0.6 is 34.8 Å². The second kappa shape index (κ2) is 8.44. The molecule has 2 saturated carbocycles. The number of aromatic hydroxyl groups is 1. The van der Waals surface area contributed by atoms with Gasteiger partial charge in [0.25, 0.3) is 0 Å². The Labute approximate surface area is 209 Å². The highest BCUT2D eigenvalue weighted by Gasteiger charge is 2.61. The fraction of sp³-hybridized carbons (Fsp3) is 0.480. The topological polar surface area (TPSA) is 78.8 Å². The number of nitrogens with one attached hydrogen (secondary N) is 1. The lowest BCUT2D eigenvalue weighted by Crippen LogP contribution is -2.31. The summed E-state index contributed by atoms with van der Waals surface area (Å²) >= 11 is 19.0. The van der Waals surface area contributed by atoms with Crippen LogP contribution in [0.1, 0.15) is 67.4 Å². The molecule has 2 fully saturated rings. The number of hydrogen-bond donors (Lipinski definition) is 3. The average molecular weight is 513 g/mol. The van der Waals surface area contributed by atoms with E-state index < -0.39 is 5.97 Å². The van der Waals surface area contributed by atoms with Crippen molar-refractivity contribution in [2.45, 2.75) is 52.5 Å². The molecule has 3 atom stereocenters. The molecule has 0 amide bonds. The minimum Gasteiger partial charge on any atom is -0.506 e.